The molecule has 8 heteroatoms. The van der Waals surface area contributed by atoms with E-state index in [4.69, 9.17) is 0 Å². The number of hydrogen-bond donors (Lipinski definition) is 1. The number of nitrogens with one attached hydrogen (secondary N) is 1. The molecule has 1 N–H and O–H groups in total. The minimum Gasteiger partial charge on any atom is -0.345 e. The fraction of sp³-hybridized carbons (Fsp3) is 0.240. The number of halogens is 2. The number of aryl methyl sites for hydroxylation is 1. The van der Waals surface area contributed by atoms with Crippen molar-refractivity contribution in [3.63, 3.8) is 0 Å². The van der Waals surface area contributed by atoms with Gasteiger partial charge in [-0.2, -0.15) is 0 Å². The highest BCUT2D eigenvalue weighted by Gasteiger charge is 2.21. The van der Waals surface area contributed by atoms with E-state index in [1.807, 2.05) is 61.5 Å². The monoisotopic (exact) mass is 472 g/mol. The van der Waals surface area contributed by atoms with Gasteiger partial charge in [0.1, 0.15) is 0 Å². The summed E-state index contributed by atoms with van der Waals surface area (Å²) in [7, 11) is -3.75. The summed E-state index contributed by atoms with van der Waals surface area (Å²) in [6.45, 7) is 1.93. The van der Waals surface area contributed by atoms with Crippen molar-refractivity contribution in [3.05, 3.63) is 101 Å². The summed E-state index contributed by atoms with van der Waals surface area (Å²) in [5, 5.41) is 3.03. The van der Waals surface area contributed by atoms with Gasteiger partial charge in [0.2, 0.25) is 15.9 Å². The average Bonchev–Trinajstić information content (AvgIpc) is 2.77. The van der Waals surface area contributed by atoms with E-state index in [0.29, 0.717) is 0 Å². The molecule has 0 aromatic heterocycles. The Morgan fingerprint density at radius 2 is 1.64 bits per heavy atom. The predicted octanol–water partition coefficient (Wildman–Crippen LogP) is 4.73. The van der Waals surface area contributed by atoms with Crippen LogP contribution in [0.1, 0.15) is 35.6 Å². The summed E-state index contributed by atoms with van der Waals surface area (Å²) >= 11 is 0. The summed E-state index contributed by atoms with van der Waals surface area (Å²) in [5.74, 6) is -2.44. The molecule has 0 saturated carbocycles. The Labute approximate surface area is 193 Å². The van der Waals surface area contributed by atoms with Crippen LogP contribution >= 0.6 is 0 Å². The van der Waals surface area contributed by atoms with Crippen LogP contribution in [0.4, 0.5) is 14.5 Å². The third-order valence-corrected chi connectivity index (χ3v) is 6.36. The molecule has 33 heavy (non-hydrogen) atoms. The molecule has 0 fully saturated rings. The van der Waals surface area contributed by atoms with E-state index in [-0.39, 0.29) is 37.0 Å². The van der Waals surface area contributed by atoms with Gasteiger partial charge < -0.3 is 5.32 Å². The fourth-order valence-electron chi connectivity index (χ4n) is 3.60. The number of nitrogens with zero attached hydrogens (tertiary/aromatic N) is 1. The minimum atomic E-state index is -3.75. The molecular weight excluding hydrogens is 446 g/mol. The van der Waals surface area contributed by atoms with E-state index in [0.717, 1.165) is 39.4 Å². The van der Waals surface area contributed by atoms with Gasteiger partial charge in [-0.1, -0.05) is 60.2 Å². The molecule has 0 heterocycles. The molecule has 0 unspecified atom stereocenters. The van der Waals surface area contributed by atoms with E-state index in [1.165, 1.54) is 6.07 Å². The van der Waals surface area contributed by atoms with Gasteiger partial charge in [-0.05, 0) is 36.6 Å². The van der Waals surface area contributed by atoms with Crippen LogP contribution in [-0.4, -0.2) is 27.1 Å². The first-order valence-corrected chi connectivity index (χ1v) is 12.3. The summed E-state index contributed by atoms with van der Waals surface area (Å²) in [6, 6.07) is 20.0. The molecular formula is C25H26F2N2O3S. The van der Waals surface area contributed by atoms with Crippen molar-refractivity contribution in [1.29, 1.82) is 0 Å². The van der Waals surface area contributed by atoms with Crippen LogP contribution in [0, 0.1) is 18.6 Å². The highest BCUT2D eigenvalue weighted by molar-refractivity contribution is 7.92. The Balaban J connectivity index is 1.70. The van der Waals surface area contributed by atoms with Crippen LogP contribution in [0.5, 0.6) is 0 Å². The largest absolute Gasteiger partial charge is 0.345 e. The lowest BCUT2D eigenvalue weighted by Gasteiger charge is -2.23. The first-order chi connectivity index (χ1) is 15.6. The van der Waals surface area contributed by atoms with Crippen molar-refractivity contribution in [2.75, 3.05) is 17.1 Å². The molecule has 5 nitrogen and oxygen atoms in total. The standard InChI is InChI=1S/C25H26F2N2O3S/c1-18-8-6-11-20(16-18)25(19-9-4-3-5-10-19)28-24(30)12-7-15-29(33(2,31)32)21-13-14-22(26)23(27)17-21/h3-6,8-11,13-14,16-17,25H,7,12,15H2,1-2H3,(H,28,30)/t25-/m0/s1. The normalized spacial score (nSPS) is 12.2. The number of hydrogen-bond acceptors (Lipinski definition) is 3. The smallest absolute Gasteiger partial charge is 0.232 e. The van der Waals surface area contributed by atoms with Gasteiger partial charge in [0.05, 0.1) is 18.0 Å². The van der Waals surface area contributed by atoms with Crippen molar-refractivity contribution >= 4 is 21.6 Å². The molecule has 3 aromatic carbocycles. The topological polar surface area (TPSA) is 66.5 Å². The van der Waals surface area contributed by atoms with Crippen LogP contribution in [0.15, 0.2) is 72.8 Å². The number of amides is 1. The Morgan fingerprint density at radius 1 is 0.939 bits per heavy atom. The Morgan fingerprint density at radius 3 is 2.27 bits per heavy atom. The molecule has 3 aromatic rings. The minimum absolute atomic E-state index is 0.0127. The summed E-state index contributed by atoms with van der Waals surface area (Å²) in [5.41, 5.74) is 2.95. The molecule has 0 aliphatic rings. The lowest BCUT2D eigenvalue weighted by Crippen LogP contribution is -2.33. The van der Waals surface area contributed by atoms with E-state index in [1.54, 1.807) is 0 Å². The van der Waals surface area contributed by atoms with Crippen molar-refractivity contribution in [2.45, 2.75) is 25.8 Å². The Hall–Kier alpha value is -3.26. The second kappa shape index (κ2) is 10.6. The maximum absolute atomic E-state index is 13.6. The van der Waals surface area contributed by atoms with Crippen molar-refractivity contribution in [3.8, 4) is 0 Å². The predicted molar refractivity (Wildman–Crippen MR) is 125 cm³/mol. The highest BCUT2D eigenvalue weighted by atomic mass is 32.2. The lowest BCUT2D eigenvalue weighted by molar-refractivity contribution is -0.121. The average molecular weight is 473 g/mol. The fourth-order valence-corrected chi connectivity index (χ4v) is 4.55. The van der Waals surface area contributed by atoms with E-state index in [2.05, 4.69) is 5.32 Å². The molecule has 0 spiro atoms. The number of carbonyl (C=O) groups excluding carboxylic acids is 1. The lowest BCUT2D eigenvalue weighted by atomic mass is 9.97. The Kier molecular flexibility index (Phi) is 7.81. The first-order valence-electron chi connectivity index (χ1n) is 10.5. The van der Waals surface area contributed by atoms with Gasteiger partial charge in [0.25, 0.3) is 0 Å². The first kappa shape index (κ1) is 24.4. The Bertz CT molecular complexity index is 1220. The molecule has 0 aliphatic heterocycles. The molecule has 0 bridgehead atoms. The van der Waals surface area contributed by atoms with E-state index >= 15 is 0 Å². The summed E-state index contributed by atoms with van der Waals surface area (Å²) in [6.07, 6.45) is 1.25. The van der Waals surface area contributed by atoms with Crippen LogP contribution in [-0.2, 0) is 14.8 Å². The number of benzene rings is 3. The van der Waals surface area contributed by atoms with Gasteiger partial charge in [0, 0.05) is 19.0 Å². The summed E-state index contributed by atoms with van der Waals surface area (Å²) < 4.78 is 52.2. The van der Waals surface area contributed by atoms with Crippen molar-refractivity contribution in [1.82, 2.24) is 5.32 Å². The maximum atomic E-state index is 13.6. The highest BCUT2D eigenvalue weighted by Crippen LogP contribution is 2.24. The number of carbonyl (C=O) groups is 1. The molecule has 174 valence electrons. The van der Waals surface area contributed by atoms with Crippen LogP contribution in [0.25, 0.3) is 0 Å². The van der Waals surface area contributed by atoms with Gasteiger partial charge in [-0.25, -0.2) is 17.2 Å². The van der Waals surface area contributed by atoms with Crippen LogP contribution in [0.3, 0.4) is 0 Å². The zero-order valence-electron chi connectivity index (χ0n) is 18.5. The molecule has 0 radical (unpaired) electrons. The molecule has 1 amide bonds. The molecule has 0 saturated heterocycles. The van der Waals surface area contributed by atoms with E-state index in [9.17, 15) is 22.0 Å². The number of rotatable bonds is 9. The SMILES string of the molecule is Cc1cccc([C@@H](NC(=O)CCCN(c2ccc(F)c(F)c2)S(C)(=O)=O)c2ccccc2)c1. The van der Waals surface area contributed by atoms with Gasteiger partial charge in [-0.3, -0.25) is 9.10 Å². The zero-order chi connectivity index (χ0) is 24.0. The third-order valence-electron chi connectivity index (χ3n) is 5.17. The zero-order valence-corrected chi connectivity index (χ0v) is 19.3. The quantitative estimate of drug-likeness (QED) is 0.490. The molecule has 0 aliphatic carbocycles. The van der Waals surface area contributed by atoms with Crippen molar-refractivity contribution in [2.24, 2.45) is 0 Å². The van der Waals surface area contributed by atoms with Gasteiger partial charge in [0.15, 0.2) is 11.6 Å². The number of anilines is 1. The van der Waals surface area contributed by atoms with Gasteiger partial charge in [-0.15, -0.1) is 0 Å². The number of sulfonamides is 1. The third kappa shape index (κ3) is 6.61. The van der Waals surface area contributed by atoms with Crippen LogP contribution < -0.4 is 9.62 Å². The van der Waals surface area contributed by atoms with E-state index < -0.39 is 21.7 Å². The second-order valence-electron chi connectivity index (χ2n) is 7.86. The maximum Gasteiger partial charge on any atom is 0.232 e. The van der Waals surface area contributed by atoms with Crippen LogP contribution in [0.2, 0.25) is 0 Å². The van der Waals surface area contributed by atoms with Gasteiger partial charge >= 0.3 is 0 Å². The second-order valence-corrected chi connectivity index (χ2v) is 9.77. The molecule has 3 rings (SSSR count). The molecule has 1 atom stereocenters. The van der Waals surface area contributed by atoms with Crippen molar-refractivity contribution < 1.29 is 22.0 Å². The summed E-state index contributed by atoms with van der Waals surface area (Å²) in [4.78, 5) is 12.8.